The number of rotatable bonds is 8. The maximum Gasteiger partial charge on any atom is 0.252 e. The minimum absolute atomic E-state index is 0.151. The predicted octanol–water partition coefficient (Wildman–Crippen LogP) is 22.3. The van der Waals surface area contributed by atoms with E-state index in [4.69, 9.17) is 0 Å². The van der Waals surface area contributed by atoms with Gasteiger partial charge in [0, 0.05) is 85.1 Å². The summed E-state index contributed by atoms with van der Waals surface area (Å²) in [6.07, 6.45) is 9.47. The molecule has 1 saturated carbocycles. The van der Waals surface area contributed by atoms with Crippen LogP contribution in [-0.4, -0.2) is 17.3 Å². The van der Waals surface area contributed by atoms with Gasteiger partial charge in [-0.25, -0.2) is 0 Å². The Bertz CT molecular complexity index is 4860. The highest BCUT2D eigenvalue weighted by molar-refractivity contribution is 7.00. The van der Waals surface area contributed by atoms with Crippen molar-refractivity contribution in [1.82, 2.24) is 4.57 Å². The van der Waals surface area contributed by atoms with Crippen molar-refractivity contribution in [3.8, 4) is 50.2 Å². The fourth-order valence-electron chi connectivity index (χ4n) is 17.2. The molecule has 0 radical (unpaired) electrons. The molecule has 95 heavy (non-hydrogen) atoms. The van der Waals surface area contributed by atoms with Gasteiger partial charge in [-0.05, 0) is 194 Å². The van der Waals surface area contributed by atoms with Gasteiger partial charge in [0.2, 0.25) is 0 Å². The fraction of sp³-hybridized carbons (Fsp3) is 0.244. The van der Waals surface area contributed by atoms with Gasteiger partial charge in [0.15, 0.2) is 0 Å². The molecule has 468 valence electrons. The number of para-hydroxylation sites is 2. The van der Waals surface area contributed by atoms with Gasteiger partial charge >= 0.3 is 0 Å². The van der Waals surface area contributed by atoms with Crippen LogP contribution in [0.25, 0.3) is 61.1 Å². The standard InChI is InChI=1S/C90H85BN4/c1-88(2,3)62-50-71(58-30-14-10-15-31-58)86(72(51-62)59-32-16-11-17-33-59)94-81-56-65(92-77-42-26-22-38-67(77)68-39-23-27-43-78(68)92)46-48-75(81)91-76-49-47-66(93-79-44-28-24-40-69(79)70-41-25-29-45-80(70)93)57-82(76)95(84-55-64(90(7,8)9)54-83(94)85(84)91)87-73(60-34-18-12-19-35-60)52-63(89(4,5)6)53-74(87)61-36-20-13-21-37-61/h10-22,24,26,28,30-38,40,42,44,46-57,68,78H,23,25,27,29,39,41,43,45H2,1-9H3. The van der Waals surface area contributed by atoms with Crippen molar-refractivity contribution in [1.29, 1.82) is 0 Å². The number of benzene rings is 11. The van der Waals surface area contributed by atoms with Crippen molar-refractivity contribution < 1.29 is 0 Å². The van der Waals surface area contributed by atoms with Crippen LogP contribution in [0.15, 0.2) is 243 Å². The maximum atomic E-state index is 2.79. The molecular weight excluding hydrogens is 1150 g/mol. The third-order valence-corrected chi connectivity index (χ3v) is 22.0. The number of aryl methyl sites for hydroxylation is 1. The average molecular weight is 1230 g/mol. The Labute approximate surface area is 563 Å². The molecule has 17 rings (SSSR count). The molecule has 0 bridgehead atoms. The van der Waals surface area contributed by atoms with E-state index in [9.17, 15) is 0 Å². The highest BCUT2D eigenvalue weighted by Gasteiger charge is 2.48. The summed E-state index contributed by atoms with van der Waals surface area (Å²) in [5.74, 6) is 0.497. The van der Waals surface area contributed by atoms with E-state index in [-0.39, 0.29) is 23.0 Å². The first-order valence-electron chi connectivity index (χ1n) is 35.2. The fourth-order valence-corrected chi connectivity index (χ4v) is 17.2. The van der Waals surface area contributed by atoms with Gasteiger partial charge in [-0.1, -0.05) is 245 Å². The van der Waals surface area contributed by atoms with Crippen molar-refractivity contribution in [2.45, 2.75) is 142 Å². The Kier molecular flexibility index (Phi) is 14.0. The van der Waals surface area contributed by atoms with Crippen molar-refractivity contribution in [3.05, 3.63) is 276 Å². The van der Waals surface area contributed by atoms with Gasteiger partial charge in [-0.2, -0.15) is 0 Å². The lowest BCUT2D eigenvalue weighted by Gasteiger charge is -2.47. The topological polar surface area (TPSA) is 14.7 Å². The van der Waals surface area contributed by atoms with Crippen LogP contribution in [0.5, 0.6) is 0 Å². The molecule has 5 aliphatic rings. The largest absolute Gasteiger partial charge is 0.337 e. The third kappa shape index (κ3) is 9.76. The highest BCUT2D eigenvalue weighted by atomic mass is 15.2. The molecule has 4 nitrogen and oxygen atoms in total. The number of hydrogen-bond donors (Lipinski definition) is 0. The highest BCUT2D eigenvalue weighted by Crippen LogP contribution is 2.57. The molecular formula is C90H85BN4. The Morgan fingerprint density at radius 1 is 0.368 bits per heavy atom. The summed E-state index contributed by atoms with van der Waals surface area (Å²) < 4.78 is 2.65. The second-order valence-corrected chi connectivity index (χ2v) is 30.9. The lowest BCUT2D eigenvalue weighted by Crippen LogP contribution is -2.61. The molecule has 12 aromatic rings. The molecule has 2 atom stereocenters. The van der Waals surface area contributed by atoms with Crippen LogP contribution in [0.2, 0.25) is 0 Å². The molecule has 4 heterocycles. The minimum atomic E-state index is -0.276. The van der Waals surface area contributed by atoms with Gasteiger partial charge in [-0.15, -0.1) is 0 Å². The Morgan fingerprint density at radius 2 is 0.800 bits per heavy atom. The van der Waals surface area contributed by atoms with Crippen LogP contribution in [-0.2, 0) is 29.1 Å². The number of aromatic nitrogens is 1. The van der Waals surface area contributed by atoms with E-state index < -0.39 is 0 Å². The van der Waals surface area contributed by atoms with Gasteiger partial charge in [0.25, 0.3) is 6.71 Å². The van der Waals surface area contributed by atoms with Crippen LogP contribution in [0.1, 0.15) is 140 Å². The van der Waals surface area contributed by atoms with Crippen molar-refractivity contribution in [3.63, 3.8) is 0 Å². The quantitative estimate of drug-likeness (QED) is 0.141. The normalized spacial score (nSPS) is 16.5. The van der Waals surface area contributed by atoms with Gasteiger partial charge in [0.05, 0.1) is 16.9 Å². The summed E-state index contributed by atoms with van der Waals surface area (Å²) in [6.45, 7) is 21.4. The molecule has 11 aromatic carbocycles. The molecule has 5 heteroatoms. The van der Waals surface area contributed by atoms with E-state index >= 15 is 0 Å². The molecule has 1 aromatic heterocycles. The zero-order valence-electron chi connectivity index (χ0n) is 56.8. The van der Waals surface area contributed by atoms with Crippen molar-refractivity contribution >= 4 is 79.5 Å². The van der Waals surface area contributed by atoms with E-state index in [1.54, 1.807) is 0 Å². The zero-order valence-corrected chi connectivity index (χ0v) is 56.8. The SMILES string of the molecule is CC(C)(C)c1cc(-c2ccccc2)c(N2c3cc(N4c5ccccc5C5CCCCC54)ccc3B3c4ccc(-n5c6c(c7ccccc75)CCCC6)cc4N(c4c(-c5ccccc5)cc(C(C)(C)C)cc4-c4ccccc4)c4cc(C(C)(C)C)cc2c43)c(-c2ccccc2)c1. The van der Waals surface area contributed by atoms with Gasteiger partial charge < -0.3 is 19.3 Å². The maximum absolute atomic E-state index is 2.79. The molecule has 3 aliphatic heterocycles. The van der Waals surface area contributed by atoms with Crippen molar-refractivity contribution in [2.24, 2.45) is 0 Å². The lowest BCUT2D eigenvalue weighted by atomic mass is 9.33. The smallest absolute Gasteiger partial charge is 0.252 e. The molecule has 2 unspecified atom stereocenters. The molecule has 0 spiro atoms. The summed E-state index contributed by atoms with van der Waals surface area (Å²) in [5, 5.41) is 1.38. The van der Waals surface area contributed by atoms with Crippen LogP contribution in [0.4, 0.5) is 45.5 Å². The molecule has 1 fully saturated rings. The molecule has 0 amide bonds. The monoisotopic (exact) mass is 1230 g/mol. The molecule has 0 N–H and O–H groups in total. The van der Waals surface area contributed by atoms with E-state index in [2.05, 4.69) is 324 Å². The van der Waals surface area contributed by atoms with E-state index in [0.29, 0.717) is 12.0 Å². The van der Waals surface area contributed by atoms with Gasteiger partial charge in [0.1, 0.15) is 0 Å². The van der Waals surface area contributed by atoms with Crippen LogP contribution >= 0.6 is 0 Å². The summed E-state index contributed by atoms with van der Waals surface area (Å²) >= 11 is 0. The first-order valence-corrected chi connectivity index (χ1v) is 35.2. The summed E-state index contributed by atoms with van der Waals surface area (Å²) in [7, 11) is 0. The van der Waals surface area contributed by atoms with E-state index in [1.807, 2.05) is 0 Å². The van der Waals surface area contributed by atoms with E-state index in [0.717, 1.165) is 12.8 Å². The first-order chi connectivity index (χ1) is 46.1. The first kappa shape index (κ1) is 59.2. The zero-order chi connectivity index (χ0) is 64.6. The minimum Gasteiger partial charge on any atom is -0.337 e. The lowest BCUT2D eigenvalue weighted by molar-refractivity contribution is 0.402. The Morgan fingerprint density at radius 3 is 1.32 bits per heavy atom. The summed E-state index contributed by atoms with van der Waals surface area (Å²) in [4.78, 5) is 8.33. The second-order valence-electron chi connectivity index (χ2n) is 30.9. The summed E-state index contributed by atoms with van der Waals surface area (Å²) in [5.41, 5.74) is 33.7. The van der Waals surface area contributed by atoms with Crippen LogP contribution in [0.3, 0.4) is 0 Å². The average Bonchev–Trinajstić information content (AvgIpc) is 1.17. The predicted molar refractivity (Wildman–Crippen MR) is 405 cm³/mol. The van der Waals surface area contributed by atoms with Crippen molar-refractivity contribution in [2.75, 3.05) is 14.7 Å². The van der Waals surface area contributed by atoms with E-state index in [1.165, 1.54) is 195 Å². The Hall–Kier alpha value is -9.58. The Balaban J connectivity index is 1.05. The number of nitrogens with zero attached hydrogens (tertiary/aromatic N) is 4. The number of hydrogen-bond acceptors (Lipinski definition) is 3. The number of anilines is 8. The molecule has 0 saturated heterocycles. The second kappa shape index (κ2) is 22.5. The van der Waals surface area contributed by atoms with Crippen LogP contribution < -0.4 is 31.1 Å². The van der Waals surface area contributed by atoms with Crippen LogP contribution in [0, 0.1) is 0 Å². The summed E-state index contributed by atoms with van der Waals surface area (Å²) in [6, 6.07) is 95.0. The third-order valence-electron chi connectivity index (χ3n) is 22.0. The van der Waals surface area contributed by atoms with Gasteiger partial charge in [-0.3, -0.25) is 0 Å². The number of fused-ring (bicyclic) bond motifs is 10. The molecule has 2 aliphatic carbocycles.